The van der Waals surface area contributed by atoms with Crippen LogP contribution in [0.5, 0.6) is 5.75 Å². The first-order chi connectivity index (χ1) is 10.9. The lowest BCUT2D eigenvalue weighted by Gasteiger charge is -2.37. The predicted octanol–water partition coefficient (Wildman–Crippen LogP) is 2.08. The number of amides is 2. The topological polar surface area (TPSA) is 93.5 Å². The van der Waals surface area contributed by atoms with Gasteiger partial charge >= 0.3 is 0 Å². The molecule has 1 aliphatic carbocycles. The minimum absolute atomic E-state index is 0. The molecule has 1 aliphatic rings. The van der Waals surface area contributed by atoms with Crippen molar-refractivity contribution < 1.29 is 14.3 Å². The van der Waals surface area contributed by atoms with E-state index in [2.05, 4.69) is 10.6 Å². The van der Waals surface area contributed by atoms with E-state index in [4.69, 9.17) is 10.5 Å². The number of hydrogen-bond acceptors (Lipinski definition) is 4. The number of benzene rings is 1. The van der Waals surface area contributed by atoms with Crippen LogP contribution in [0.25, 0.3) is 0 Å². The summed E-state index contributed by atoms with van der Waals surface area (Å²) in [5, 5.41) is 5.40. The molecule has 0 spiro atoms. The molecular weight excluding hydrogens is 330 g/mol. The summed E-state index contributed by atoms with van der Waals surface area (Å²) in [6.07, 6.45) is 3.81. The molecule has 0 aromatic heterocycles. The molecule has 4 N–H and O–H groups in total. The zero-order valence-corrected chi connectivity index (χ0v) is 14.9. The third-order valence-electron chi connectivity index (χ3n) is 4.34. The fraction of sp³-hybridized carbons (Fsp3) is 0.529. The highest BCUT2D eigenvalue weighted by Gasteiger charge is 2.37. The molecule has 0 saturated heterocycles. The van der Waals surface area contributed by atoms with Crippen LogP contribution in [0.1, 0.15) is 32.6 Å². The molecule has 2 amide bonds. The zero-order valence-electron chi connectivity index (χ0n) is 14.1. The maximum Gasteiger partial charge on any atom is 0.257 e. The molecular formula is C17H26ClN3O3. The summed E-state index contributed by atoms with van der Waals surface area (Å²) in [6, 6.07) is 6.96. The van der Waals surface area contributed by atoms with Crippen LogP contribution in [-0.4, -0.2) is 31.0 Å². The fourth-order valence-corrected chi connectivity index (χ4v) is 2.87. The Hall–Kier alpha value is -1.79. The Morgan fingerprint density at radius 1 is 1.29 bits per heavy atom. The first-order valence-corrected chi connectivity index (χ1v) is 7.95. The Balaban J connectivity index is 0.00000288. The molecule has 24 heavy (non-hydrogen) atoms. The molecule has 7 heteroatoms. The fourth-order valence-electron chi connectivity index (χ4n) is 2.87. The molecule has 6 nitrogen and oxygen atoms in total. The van der Waals surface area contributed by atoms with E-state index in [0.717, 1.165) is 25.7 Å². The minimum Gasteiger partial charge on any atom is -0.484 e. The van der Waals surface area contributed by atoms with Gasteiger partial charge in [-0.25, -0.2) is 0 Å². The number of nitrogens with one attached hydrogen (secondary N) is 2. The van der Waals surface area contributed by atoms with Gasteiger partial charge < -0.3 is 21.1 Å². The van der Waals surface area contributed by atoms with Gasteiger partial charge in [0.25, 0.3) is 5.91 Å². The van der Waals surface area contributed by atoms with Crippen molar-refractivity contribution in [1.29, 1.82) is 0 Å². The minimum atomic E-state index is -0.446. The van der Waals surface area contributed by atoms with Gasteiger partial charge in [-0.2, -0.15) is 0 Å². The lowest BCUT2D eigenvalue weighted by atomic mass is 9.74. The molecule has 0 heterocycles. The van der Waals surface area contributed by atoms with Crippen molar-refractivity contribution in [2.24, 2.45) is 11.7 Å². The molecule has 2 atom stereocenters. The molecule has 0 bridgehead atoms. The van der Waals surface area contributed by atoms with E-state index in [1.165, 1.54) is 0 Å². The summed E-state index contributed by atoms with van der Waals surface area (Å²) >= 11 is 0. The summed E-state index contributed by atoms with van der Waals surface area (Å²) in [5.41, 5.74) is 6.52. The first kappa shape index (κ1) is 20.3. The summed E-state index contributed by atoms with van der Waals surface area (Å²) in [4.78, 5) is 23.6. The van der Waals surface area contributed by atoms with Crippen molar-refractivity contribution in [2.75, 3.05) is 19.0 Å². The van der Waals surface area contributed by atoms with Gasteiger partial charge in [-0.05, 0) is 44.0 Å². The summed E-state index contributed by atoms with van der Waals surface area (Å²) in [5.74, 6) is 0.184. The number of carbonyl (C=O) groups excluding carboxylic acids is 2. The summed E-state index contributed by atoms with van der Waals surface area (Å²) in [6.45, 7) is 1.92. The maximum absolute atomic E-state index is 12.4. The number of nitrogens with two attached hydrogens (primary N) is 1. The van der Waals surface area contributed by atoms with E-state index >= 15 is 0 Å². The second-order valence-corrected chi connectivity index (χ2v) is 6.28. The van der Waals surface area contributed by atoms with Crippen molar-refractivity contribution in [3.63, 3.8) is 0 Å². The van der Waals surface area contributed by atoms with Crippen molar-refractivity contribution in [1.82, 2.24) is 5.32 Å². The largest absolute Gasteiger partial charge is 0.484 e. The zero-order chi connectivity index (χ0) is 16.9. The van der Waals surface area contributed by atoms with Crippen molar-refractivity contribution in [2.45, 2.75) is 38.1 Å². The number of carbonyl (C=O) groups is 2. The average molecular weight is 356 g/mol. The Bertz CT molecular complexity index is 561. The highest BCUT2D eigenvalue weighted by molar-refractivity contribution is 5.93. The van der Waals surface area contributed by atoms with E-state index in [-0.39, 0.29) is 36.7 Å². The molecule has 1 aromatic carbocycles. The van der Waals surface area contributed by atoms with Crippen LogP contribution in [0.4, 0.5) is 5.69 Å². The maximum atomic E-state index is 12.4. The van der Waals surface area contributed by atoms with Gasteiger partial charge in [0.05, 0.1) is 5.92 Å². The Labute approximate surface area is 148 Å². The molecule has 2 rings (SSSR count). The van der Waals surface area contributed by atoms with Crippen LogP contribution in [-0.2, 0) is 9.59 Å². The molecule has 2 unspecified atom stereocenters. The highest BCUT2D eigenvalue weighted by Crippen LogP contribution is 2.32. The second kappa shape index (κ2) is 8.89. The number of anilines is 1. The van der Waals surface area contributed by atoms with Crippen LogP contribution in [0.3, 0.4) is 0 Å². The van der Waals surface area contributed by atoms with Gasteiger partial charge in [-0.3, -0.25) is 9.59 Å². The third kappa shape index (κ3) is 5.39. The van der Waals surface area contributed by atoms with Crippen molar-refractivity contribution in [3.8, 4) is 5.75 Å². The van der Waals surface area contributed by atoms with Crippen LogP contribution >= 0.6 is 12.4 Å². The van der Waals surface area contributed by atoms with Crippen LogP contribution < -0.4 is 21.1 Å². The standard InChI is InChI=1S/C17H25N3O3.ClH/c1-17(18)10-4-3-5-14(17)16(22)20-12-6-8-13(9-7-12)23-11-15(21)19-2;/h6-9,14H,3-5,10-11,18H2,1-2H3,(H,19,21)(H,20,22);1H. The molecule has 1 fully saturated rings. The quantitative estimate of drug-likeness (QED) is 0.753. The Morgan fingerprint density at radius 2 is 1.96 bits per heavy atom. The second-order valence-electron chi connectivity index (χ2n) is 6.28. The number of ether oxygens (including phenoxy) is 1. The van der Waals surface area contributed by atoms with E-state index in [9.17, 15) is 9.59 Å². The van der Waals surface area contributed by atoms with Gasteiger partial charge in [-0.15, -0.1) is 12.4 Å². The molecule has 134 valence electrons. The van der Waals surface area contributed by atoms with Gasteiger partial charge in [0.15, 0.2) is 6.61 Å². The smallest absolute Gasteiger partial charge is 0.257 e. The molecule has 1 aromatic rings. The monoisotopic (exact) mass is 355 g/mol. The summed E-state index contributed by atoms with van der Waals surface area (Å²) in [7, 11) is 1.56. The summed E-state index contributed by atoms with van der Waals surface area (Å²) < 4.78 is 5.32. The molecule has 0 radical (unpaired) electrons. The van der Waals surface area contributed by atoms with Gasteiger partial charge in [0, 0.05) is 18.3 Å². The highest BCUT2D eigenvalue weighted by atomic mass is 35.5. The lowest BCUT2D eigenvalue weighted by molar-refractivity contribution is -0.123. The van der Waals surface area contributed by atoms with Gasteiger partial charge in [-0.1, -0.05) is 12.8 Å². The lowest BCUT2D eigenvalue weighted by Crippen LogP contribution is -2.51. The predicted molar refractivity (Wildman–Crippen MR) is 96.4 cm³/mol. The van der Waals surface area contributed by atoms with Crippen molar-refractivity contribution in [3.05, 3.63) is 24.3 Å². The Kier molecular flexibility index (Phi) is 7.51. The normalized spacial score (nSPS) is 22.9. The van der Waals surface area contributed by atoms with Crippen LogP contribution in [0, 0.1) is 5.92 Å². The number of rotatable bonds is 5. The van der Waals surface area contributed by atoms with E-state index in [1.807, 2.05) is 6.92 Å². The van der Waals surface area contributed by atoms with Crippen molar-refractivity contribution >= 4 is 29.9 Å². The third-order valence-corrected chi connectivity index (χ3v) is 4.34. The first-order valence-electron chi connectivity index (χ1n) is 7.95. The van der Waals surface area contributed by atoms with Crippen LogP contribution in [0.15, 0.2) is 24.3 Å². The van der Waals surface area contributed by atoms with E-state index < -0.39 is 5.54 Å². The van der Waals surface area contributed by atoms with E-state index in [1.54, 1.807) is 31.3 Å². The number of hydrogen-bond donors (Lipinski definition) is 3. The van der Waals surface area contributed by atoms with Gasteiger partial charge in [0.2, 0.25) is 5.91 Å². The Morgan fingerprint density at radius 3 is 2.54 bits per heavy atom. The molecule has 1 saturated carbocycles. The number of likely N-dealkylation sites (N-methyl/N-ethyl adjacent to an activating group) is 1. The average Bonchev–Trinajstić information content (AvgIpc) is 2.53. The SMILES string of the molecule is CNC(=O)COc1ccc(NC(=O)C2CCCCC2(C)N)cc1.Cl. The van der Waals surface area contributed by atoms with E-state index in [0.29, 0.717) is 11.4 Å². The van der Waals surface area contributed by atoms with Gasteiger partial charge in [0.1, 0.15) is 5.75 Å². The van der Waals surface area contributed by atoms with Crippen LogP contribution in [0.2, 0.25) is 0 Å². The molecule has 0 aliphatic heterocycles. The number of halogens is 1.